The van der Waals surface area contributed by atoms with E-state index in [0.29, 0.717) is 24.2 Å². The number of alkyl halides is 2. The number of hydrogen-bond acceptors (Lipinski definition) is 6. The summed E-state index contributed by atoms with van der Waals surface area (Å²) in [6.07, 6.45) is 2.29. The minimum atomic E-state index is -3.70. The number of carbonyl (C=O) groups excluding carboxylic acids is 1. The standard InChI is InChI=1S/C21H28F2N4O5S/c1-14-24-19(13-25(14)2)33(29,30)27-9-7-16(8-10-27)20(28)26(3)12-15-5-6-17(32-21(22)23)18(11-15)31-4/h5-6,11,13,16,21H,7-10,12H2,1-4H3. The molecule has 1 aromatic heterocycles. The number of hydrogen-bond donors (Lipinski definition) is 0. The molecule has 2 aromatic rings. The van der Waals surface area contributed by atoms with Gasteiger partial charge in [-0.1, -0.05) is 6.07 Å². The number of methoxy groups -OCH3 is 1. The van der Waals surface area contributed by atoms with Gasteiger partial charge in [-0.15, -0.1) is 0 Å². The van der Waals surface area contributed by atoms with Crippen LogP contribution in [-0.2, 0) is 28.4 Å². The Labute approximate surface area is 192 Å². The van der Waals surface area contributed by atoms with E-state index in [1.54, 1.807) is 42.6 Å². The van der Waals surface area contributed by atoms with Gasteiger partial charge < -0.3 is 18.9 Å². The highest BCUT2D eigenvalue weighted by Gasteiger charge is 2.34. The first kappa shape index (κ1) is 24.9. The second kappa shape index (κ2) is 10.0. The van der Waals surface area contributed by atoms with E-state index in [4.69, 9.17) is 4.74 Å². The number of carbonyl (C=O) groups is 1. The van der Waals surface area contributed by atoms with Gasteiger partial charge in [-0.25, -0.2) is 13.4 Å². The lowest BCUT2D eigenvalue weighted by molar-refractivity contribution is -0.135. The number of halogens is 2. The number of amides is 1. The SMILES string of the molecule is COc1cc(CN(C)C(=O)C2CCN(S(=O)(=O)c3cn(C)c(C)n3)CC2)ccc1OC(F)F. The Morgan fingerprint density at radius 2 is 1.94 bits per heavy atom. The van der Waals surface area contributed by atoms with Gasteiger partial charge in [0.25, 0.3) is 10.0 Å². The summed E-state index contributed by atoms with van der Waals surface area (Å²) >= 11 is 0. The lowest BCUT2D eigenvalue weighted by Gasteiger charge is -2.32. The van der Waals surface area contributed by atoms with Gasteiger partial charge >= 0.3 is 6.61 Å². The van der Waals surface area contributed by atoms with Crippen molar-refractivity contribution in [3.63, 3.8) is 0 Å². The second-order valence-electron chi connectivity index (χ2n) is 7.97. The molecule has 1 fully saturated rings. The van der Waals surface area contributed by atoms with Gasteiger partial charge in [-0.05, 0) is 37.5 Å². The van der Waals surface area contributed by atoms with Crippen molar-refractivity contribution in [2.45, 2.75) is 37.9 Å². The molecule has 0 saturated carbocycles. The number of imidazole rings is 1. The number of aromatic nitrogens is 2. The molecule has 33 heavy (non-hydrogen) atoms. The third-order valence-electron chi connectivity index (χ3n) is 5.73. The first-order chi connectivity index (χ1) is 15.5. The number of sulfonamides is 1. The molecule has 0 aliphatic carbocycles. The zero-order valence-corrected chi connectivity index (χ0v) is 19.8. The molecule has 12 heteroatoms. The first-order valence-electron chi connectivity index (χ1n) is 10.4. The average Bonchev–Trinajstić information content (AvgIpc) is 3.13. The fraction of sp³-hybridized carbons (Fsp3) is 0.524. The number of rotatable bonds is 8. The average molecular weight is 487 g/mol. The predicted octanol–water partition coefficient (Wildman–Crippen LogP) is 2.40. The third kappa shape index (κ3) is 5.61. The van der Waals surface area contributed by atoms with Gasteiger partial charge in [-0.2, -0.15) is 13.1 Å². The molecule has 0 spiro atoms. The highest BCUT2D eigenvalue weighted by atomic mass is 32.2. The summed E-state index contributed by atoms with van der Waals surface area (Å²) in [5.41, 5.74) is 0.690. The van der Waals surface area contributed by atoms with Crippen LogP contribution in [0.1, 0.15) is 24.2 Å². The van der Waals surface area contributed by atoms with Gasteiger partial charge in [0.1, 0.15) is 5.82 Å². The number of ether oxygens (including phenoxy) is 2. The van der Waals surface area contributed by atoms with Crippen molar-refractivity contribution in [1.82, 2.24) is 18.8 Å². The van der Waals surface area contributed by atoms with Crippen LogP contribution in [0.5, 0.6) is 11.5 Å². The van der Waals surface area contributed by atoms with E-state index in [2.05, 4.69) is 9.72 Å². The van der Waals surface area contributed by atoms with Crippen LogP contribution in [-0.4, -0.2) is 66.9 Å². The van der Waals surface area contributed by atoms with E-state index in [0.717, 1.165) is 0 Å². The molecule has 0 bridgehead atoms. The molecule has 182 valence electrons. The van der Waals surface area contributed by atoms with Gasteiger partial charge in [0.2, 0.25) is 5.91 Å². The van der Waals surface area contributed by atoms with Gasteiger partial charge in [-0.3, -0.25) is 4.79 Å². The molecule has 0 radical (unpaired) electrons. The number of nitrogens with zero attached hydrogens (tertiary/aromatic N) is 4. The van der Waals surface area contributed by atoms with Crippen LogP contribution in [0.3, 0.4) is 0 Å². The zero-order valence-electron chi connectivity index (χ0n) is 19.0. The molecular formula is C21H28F2N4O5S. The molecule has 1 aliphatic rings. The Morgan fingerprint density at radius 1 is 1.27 bits per heavy atom. The lowest BCUT2D eigenvalue weighted by Crippen LogP contribution is -2.43. The van der Waals surface area contributed by atoms with Gasteiger partial charge in [0.05, 0.1) is 7.11 Å². The summed E-state index contributed by atoms with van der Waals surface area (Å²) in [5, 5.41) is 0.0117. The molecule has 0 N–H and O–H groups in total. The summed E-state index contributed by atoms with van der Waals surface area (Å²) < 4.78 is 63.2. The van der Waals surface area contributed by atoms with Crippen molar-refractivity contribution in [1.29, 1.82) is 0 Å². The van der Waals surface area contributed by atoms with Crippen LogP contribution in [0.25, 0.3) is 0 Å². The van der Waals surface area contributed by atoms with Crippen molar-refractivity contribution in [2.75, 3.05) is 27.2 Å². The van der Waals surface area contributed by atoms with Crippen molar-refractivity contribution >= 4 is 15.9 Å². The van der Waals surface area contributed by atoms with Crippen LogP contribution >= 0.6 is 0 Å². The summed E-state index contributed by atoms with van der Waals surface area (Å²) in [6.45, 7) is -0.527. The third-order valence-corrected chi connectivity index (χ3v) is 7.50. The maximum atomic E-state index is 12.9. The molecule has 1 saturated heterocycles. The predicted molar refractivity (Wildman–Crippen MR) is 116 cm³/mol. The minimum absolute atomic E-state index is 0.0117. The van der Waals surface area contributed by atoms with Crippen molar-refractivity contribution in [3.8, 4) is 11.5 Å². The quantitative estimate of drug-likeness (QED) is 0.569. The fourth-order valence-corrected chi connectivity index (χ4v) is 5.29. The van der Waals surface area contributed by atoms with Crippen LogP contribution in [0.2, 0.25) is 0 Å². The van der Waals surface area contributed by atoms with Crippen molar-refractivity contribution < 1.29 is 31.5 Å². The smallest absolute Gasteiger partial charge is 0.387 e. The number of piperidine rings is 1. The van der Waals surface area contributed by atoms with Crippen LogP contribution in [0.15, 0.2) is 29.4 Å². The second-order valence-corrected chi connectivity index (χ2v) is 9.86. The van der Waals surface area contributed by atoms with E-state index < -0.39 is 16.6 Å². The Bertz CT molecular complexity index is 1080. The normalized spacial score (nSPS) is 15.6. The molecule has 0 unspecified atom stereocenters. The largest absolute Gasteiger partial charge is 0.493 e. The molecule has 0 atom stereocenters. The van der Waals surface area contributed by atoms with Crippen molar-refractivity contribution in [2.24, 2.45) is 13.0 Å². The molecule has 1 amide bonds. The minimum Gasteiger partial charge on any atom is -0.493 e. The highest BCUT2D eigenvalue weighted by Crippen LogP contribution is 2.30. The van der Waals surface area contributed by atoms with E-state index in [1.807, 2.05) is 0 Å². The monoisotopic (exact) mass is 486 g/mol. The summed E-state index contributed by atoms with van der Waals surface area (Å²) in [6, 6.07) is 4.51. The van der Waals surface area contributed by atoms with Crippen LogP contribution < -0.4 is 9.47 Å². The number of benzene rings is 1. The summed E-state index contributed by atoms with van der Waals surface area (Å²) in [4.78, 5) is 18.6. The molecule has 1 aliphatic heterocycles. The van der Waals surface area contributed by atoms with Gasteiger partial charge in [0.15, 0.2) is 16.5 Å². The summed E-state index contributed by atoms with van der Waals surface area (Å²) in [7, 11) is 1.03. The molecule has 1 aromatic carbocycles. The molecule has 2 heterocycles. The summed E-state index contributed by atoms with van der Waals surface area (Å²) in [5.74, 6) is 0.257. The lowest BCUT2D eigenvalue weighted by atomic mass is 9.96. The molecular weight excluding hydrogens is 458 g/mol. The Morgan fingerprint density at radius 3 is 2.48 bits per heavy atom. The topological polar surface area (TPSA) is 94.0 Å². The van der Waals surface area contributed by atoms with Gasteiger partial charge in [0, 0.05) is 45.8 Å². The van der Waals surface area contributed by atoms with E-state index >= 15 is 0 Å². The first-order valence-corrected chi connectivity index (χ1v) is 11.8. The Balaban J connectivity index is 1.60. The maximum Gasteiger partial charge on any atom is 0.387 e. The van der Waals surface area contributed by atoms with Crippen molar-refractivity contribution in [3.05, 3.63) is 35.8 Å². The van der Waals surface area contributed by atoms with Crippen LogP contribution in [0, 0.1) is 12.8 Å². The Hall–Kier alpha value is -2.73. The Kier molecular flexibility index (Phi) is 7.58. The van der Waals surface area contributed by atoms with Crippen LogP contribution in [0.4, 0.5) is 8.78 Å². The van der Waals surface area contributed by atoms with E-state index in [-0.39, 0.29) is 48.0 Å². The maximum absolute atomic E-state index is 12.9. The number of aryl methyl sites for hydroxylation is 2. The van der Waals surface area contributed by atoms with E-state index in [9.17, 15) is 22.0 Å². The highest BCUT2D eigenvalue weighted by molar-refractivity contribution is 7.89. The zero-order chi connectivity index (χ0) is 24.3. The fourth-order valence-electron chi connectivity index (χ4n) is 3.79. The van der Waals surface area contributed by atoms with E-state index in [1.165, 1.54) is 23.7 Å². The molecule has 9 nitrogen and oxygen atoms in total. The molecule has 3 rings (SSSR count).